The molecule has 3 aromatic rings. The van der Waals surface area contributed by atoms with Gasteiger partial charge in [0.2, 0.25) is 5.91 Å². The van der Waals surface area contributed by atoms with Gasteiger partial charge < -0.3 is 5.32 Å². The van der Waals surface area contributed by atoms with Crippen molar-refractivity contribution in [3.63, 3.8) is 0 Å². The molecule has 4 heterocycles. The molecule has 10 heteroatoms. The number of hydrogen-bond donors (Lipinski definition) is 1. The second-order valence-electron chi connectivity index (χ2n) is 8.49. The van der Waals surface area contributed by atoms with E-state index in [1.807, 2.05) is 20.8 Å². The second-order valence-corrected chi connectivity index (χ2v) is 8.49. The molecule has 0 atom stereocenters. The number of rotatable bonds is 4. The largest absolute Gasteiger partial charge is 0.346 e. The predicted octanol–water partition coefficient (Wildman–Crippen LogP) is 1.68. The van der Waals surface area contributed by atoms with Crippen molar-refractivity contribution in [1.29, 1.82) is 0 Å². The topological polar surface area (TPSA) is 113 Å². The summed E-state index contributed by atoms with van der Waals surface area (Å²) in [5.74, 6) is 1.20. The maximum Gasteiger partial charge on any atom is 0.346 e. The van der Waals surface area contributed by atoms with E-state index in [1.54, 1.807) is 29.1 Å². The Hall–Kier alpha value is -3.30. The summed E-state index contributed by atoms with van der Waals surface area (Å²) in [4.78, 5) is 33.8. The molecule has 30 heavy (non-hydrogen) atoms. The number of amides is 1. The molecule has 0 unspecified atom stereocenters. The van der Waals surface area contributed by atoms with Gasteiger partial charge in [-0.3, -0.25) is 9.36 Å². The van der Waals surface area contributed by atoms with Crippen molar-refractivity contribution in [2.75, 3.05) is 5.32 Å². The number of anilines is 1. The number of carbonyl (C=O) groups excluding carboxylic acids is 1. The Morgan fingerprint density at radius 3 is 2.63 bits per heavy atom. The van der Waals surface area contributed by atoms with Crippen LogP contribution in [-0.2, 0) is 29.7 Å². The summed E-state index contributed by atoms with van der Waals surface area (Å²) in [6.07, 6.45) is 7.04. The van der Waals surface area contributed by atoms with Gasteiger partial charge in [-0.15, -0.1) is 0 Å². The molecule has 4 rings (SSSR count). The molecule has 0 aromatic carbocycles. The fourth-order valence-corrected chi connectivity index (χ4v) is 3.44. The molecule has 1 N–H and O–H groups in total. The first-order chi connectivity index (χ1) is 14.3. The fourth-order valence-electron chi connectivity index (χ4n) is 3.44. The number of nitrogens with zero attached hydrogens (tertiary/aromatic N) is 7. The van der Waals surface area contributed by atoms with Crippen LogP contribution in [0.2, 0.25) is 0 Å². The number of hydrogen-bond acceptors (Lipinski definition) is 6. The van der Waals surface area contributed by atoms with Crippen LogP contribution in [0.5, 0.6) is 0 Å². The molecule has 3 aromatic heterocycles. The standard InChI is InChI=1S/C20H26N8O2/c1-20(2,3)14-12-16(28(24-14)18-21-9-7-10-22-18)23-17(29)13-27-19(30)26-11-6-4-5-8-15(26)25-27/h7,9-10,12H,4-6,8,11,13H2,1-3H3,(H,23,29). The van der Waals surface area contributed by atoms with Crippen molar-refractivity contribution < 1.29 is 4.79 Å². The molecule has 1 aliphatic rings. The Bertz CT molecular complexity index is 1100. The van der Waals surface area contributed by atoms with Crippen molar-refractivity contribution >= 4 is 11.7 Å². The van der Waals surface area contributed by atoms with Gasteiger partial charge in [-0.2, -0.15) is 14.9 Å². The first kappa shape index (κ1) is 20.0. The molecule has 10 nitrogen and oxygen atoms in total. The molecule has 0 spiro atoms. The highest BCUT2D eigenvalue weighted by atomic mass is 16.2. The van der Waals surface area contributed by atoms with Crippen LogP contribution in [-0.4, -0.2) is 40.0 Å². The van der Waals surface area contributed by atoms with Gasteiger partial charge in [-0.1, -0.05) is 27.2 Å². The number of fused-ring (bicyclic) bond motifs is 1. The van der Waals surface area contributed by atoms with E-state index < -0.39 is 0 Å². The quantitative estimate of drug-likeness (QED) is 0.700. The maximum atomic E-state index is 12.8. The van der Waals surface area contributed by atoms with Crippen molar-refractivity contribution in [1.82, 2.24) is 34.1 Å². The van der Waals surface area contributed by atoms with Crippen LogP contribution in [0.3, 0.4) is 0 Å². The lowest BCUT2D eigenvalue weighted by Gasteiger charge is -2.13. The summed E-state index contributed by atoms with van der Waals surface area (Å²) < 4.78 is 4.42. The van der Waals surface area contributed by atoms with Gasteiger partial charge in [-0.25, -0.2) is 19.4 Å². The van der Waals surface area contributed by atoms with Gasteiger partial charge in [-0.05, 0) is 18.9 Å². The molecular formula is C20H26N8O2. The van der Waals surface area contributed by atoms with E-state index >= 15 is 0 Å². The van der Waals surface area contributed by atoms with Gasteiger partial charge in [0.05, 0.1) is 5.69 Å². The third-order valence-corrected chi connectivity index (χ3v) is 5.06. The van der Waals surface area contributed by atoms with Gasteiger partial charge >= 0.3 is 5.69 Å². The summed E-state index contributed by atoms with van der Waals surface area (Å²) in [5, 5.41) is 11.8. The van der Waals surface area contributed by atoms with Gasteiger partial charge in [0, 0.05) is 36.8 Å². The summed E-state index contributed by atoms with van der Waals surface area (Å²) in [6.45, 7) is 6.60. The normalized spacial score (nSPS) is 14.2. The average molecular weight is 410 g/mol. The third kappa shape index (κ3) is 4.03. The fraction of sp³-hybridized carbons (Fsp3) is 0.500. The molecule has 0 radical (unpaired) electrons. The van der Waals surface area contributed by atoms with E-state index in [0.29, 0.717) is 18.3 Å². The van der Waals surface area contributed by atoms with E-state index in [9.17, 15) is 9.59 Å². The third-order valence-electron chi connectivity index (χ3n) is 5.06. The van der Waals surface area contributed by atoms with Crippen LogP contribution < -0.4 is 11.0 Å². The maximum absolute atomic E-state index is 12.8. The van der Waals surface area contributed by atoms with Crippen LogP contribution in [0.25, 0.3) is 5.95 Å². The smallest absolute Gasteiger partial charge is 0.309 e. The molecule has 0 fully saturated rings. The summed E-state index contributed by atoms with van der Waals surface area (Å²) in [7, 11) is 0. The van der Waals surface area contributed by atoms with E-state index in [0.717, 1.165) is 37.2 Å². The van der Waals surface area contributed by atoms with Crippen molar-refractivity contribution in [2.24, 2.45) is 0 Å². The highest BCUT2D eigenvalue weighted by Gasteiger charge is 2.23. The molecule has 1 amide bonds. The molecule has 0 saturated heterocycles. The SMILES string of the molecule is CC(C)(C)c1cc(NC(=O)Cn2nc3n(c2=O)CCCCC3)n(-c2ncccn2)n1. The number of aryl methyl sites for hydroxylation is 1. The van der Waals surface area contributed by atoms with Crippen LogP contribution in [0.4, 0.5) is 5.82 Å². The number of carbonyl (C=O) groups is 1. The highest BCUT2D eigenvalue weighted by Crippen LogP contribution is 2.25. The molecule has 158 valence electrons. The van der Waals surface area contributed by atoms with E-state index in [1.165, 1.54) is 9.36 Å². The Labute approximate surface area is 174 Å². The van der Waals surface area contributed by atoms with Crippen LogP contribution in [0, 0.1) is 0 Å². The van der Waals surface area contributed by atoms with Crippen LogP contribution >= 0.6 is 0 Å². The lowest BCUT2D eigenvalue weighted by atomic mass is 9.92. The predicted molar refractivity (Wildman–Crippen MR) is 111 cm³/mol. The zero-order valence-electron chi connectivity index (χ0n) is 17.5. The molecular weight excluding hydrogens is 384 g/mol. The minimum absolute atomic E-state index is 0.162. The van der Waals surface area contributed by atoms with Crippen molar-refractivity contribution in [2.45, 2.75) is 65.0 Å². The Balaban J connectivity index is 1.59. The minimum atomic E-state index is -0.358. The van der Waals surface area contributed by atoms with Gasteiger partial charge in [0.15, 0.2) is 0 Å². The molecule has 0 aliphatic carbocycles. The van der Waals surface area contributed by atoms with Crippen LogP contribution in [0.1, 0.15) is 51.6 Å². The minimum Gasteiger partial charge on any atom is -0.309 e. The van der Waals surface area contributed by atoms with Gasteiger partial charge in [0.25, 0.3) is 5.95 Å². The van der Waals surface area contributed by atoms with Crippen molar-refractivity contribution in [3.8, 4) is 5.95 Å². The summed E-state index contributed by atoms with van der Waals surface area (Å²) >= 11 is 0. The zero-order valence-corrected chi connectivity index (χ0v) is 17.5. The second kappa shape index (κ2) is 7.85. The van der Waals surface area contributed by atoms with Crippen LogP contribution in [0.15, 0.2) is 29.3 Å². The average Bonchev–Trinajstić information content (AvgIpc) is 3.15. The highest BCUT2D eigenvalue weighted by molar-refractivity contribution is 5.89. The first-order valence-electron chi connectivity index (χ1n) is 10.2. The van der Waals surface area contributed by atoms with E-state index in [2.05, 4.69) is 25.5 Å². The molecule has 0 saturated carbocycles. The lowest BCUT2D eigenvalue weighted by Crippen LogP contribution is -2.30. The van der Waals surface area contributed by atoms with Gasteiger partial charge in [0.1, 0.15) is 18.2 Å². The van der Waals surface area contributed by atoms with E-state index in [4.69, 9.17) is 0 Å². The zero-order chi connectivity index (χ0) is 21.3. The molecule has 0 bridgehead atoms. The number of aromatic nitrogens is 7. The number of nitrogens with one attached hydrogen (secondary N) is 1. The van der Waals surface area contributed by atoms with E-state index in [-0.39, 0.29) is 23.6 Å². The molecule has 1 aliphatic heterocycles. The summed E-state index contributed by atoms with van der Waals surface area (Å²) in [5.41, 5.74) is 0.325. The lowest BCUT2D eigenvalue weighted by molar-refractivity contribution is -0.117. The Morgan fingerprint density at radius 1 is 1.13 bits per heavy atom. The van der Waals surface area contributed by atoms with Crippen molar-refractivity contribution in [3.05, 3.63) is 46.5 Å². The Kier molecular flexibility index (Phi) is 5.23. The summed E-state index contributed by atoms with van der Waals surface area (Å²) in [6, 6.07) is 3.52. The monoisotopic (exact) mass is 410 g/mol. The first-order valence-corrected chi connectivity index (χ1v) is 10.2. The Morgan fingerprint density at radius 2 is 1.90 bits per heavy atom.